The molecule has 4 heteroatoms. The number of benzene rings is 1. The number of ether oxygens (including phenoxy) is 1. The number of rotatable bonds is 6. The van der Waals surface area contributed by atoms with Gasteiger partial charge in [0.05, 0.1) is 6.61 Å². The van der Waals surface area contributed by atoms with Crippen LogP contribution < -0.4 is 10.6 Å². The van der Waals surface area contributed by atoms with Crippen molar-refractivity contribution in [3.63, 3.8) is 0 Å². The van der Waals surface area contributed by atoms with Gasteiger partial charge in [-0.2, -0.15) is 0 Å². The van der Waals surface area contributed by atoms with E-state index in [0.29, 0.717) is 19.6 Å². The summed E-state index contributed by atoms with van der Waals surface area (Å²) >= 11 is 0. The third-order valence-electron chi connectivity index (χ3n) is 2.50. The minimum absolute atomic E-state index is 0.215. The van der Waals surface area contributed by atoms with Crippen LogP contribution in [0.4, 0.5) is 10.1 Å². The maximum absolute atomic E-state index is 13.1. The first-order valence-corrected chi connectivity index (χ1v) is 5.37. The molecule has 0 heterocycles. The average molecular weight is 226 g/mol. The number of likely N-dealkylation sites (N-methyl/N-ethyl adjacent to an activating group) is 1. The fourth-order valence-corrected chi connectivity index (χ4v) is 1.63. The molecule has 0 bridgehead atoms. The lowest BCUT2D eigenvalue weighted by Crippen LogP contribution is -2.23. The first-order valence-electron chi connectivity index (χ1n) is 5.37. The smallest absolute Gasteiger partial charge is 0.123 e. The number of nitrogens with zero attached hydrogens (tertiary/aromatic N) is 1. The largest absolute Gasteiger partial charge is 0.383 e. The van der Waals surface area contributed by atoms with Crippen LogP contribution in [0.25, 0.3) is 0 Å². The lowest BCUT2D eigenvalue weighted by atomic mass is 10.1. The van der Waals surface area contributed by atoms with Gasteiger partial charge in [-0.1, -0.05) is 0 Å². The molecule has 0 aromatic heterocycles. The molecule has 3 nitrogen and oxygen atoms in total. The molecular weight excluding hydrogens is 207 g/mol. The molecule has 0 saturated heterocycles. The molecule has 0 aliphatic carbocycles. The molecule has 1 aromatic rings. The Bertz CT molecular complexity index is 331. The van der Waals surface area contributed by atoms with E-state index >= 15 is 0 Å². The predicted molar refractivity (Wildman–Crippen MR) is 64.3 cm³/mol. The fraction of sp³-hybridized carbons (Fsp3) is 0.500. The van der Waals surface area contributed by atoms with Gasteiger partial charge in [-0.15, -0.1) is 0 Å². The second-order valence-electron chi connectivity index (χ2n) is 3.73. The lowest BCUT2D eigenvalue weighted by Gasteiger charge is -2.22. The number of nitrogens with two attached hydrogens (primary N) is 1. The van der Waals surface area contributed by atoms with Crippen LogP contribution in [0, 0.1) is 5.82 Å². The van der Waals surface area contributed by atoms with Crippen LogP contribution in [0.1, 0.15) is 5.56 Å². The highest BCUT2D eigenvalue weighted by molar-refractivity contribution is 5.53. The molecule has 0 atom stereocenters. The summed E-state index contributed by atoms with van der Waals surface area (Å²) in [5.41, 5.74) is 7.48. The average Bonchev–Trinajstić information content (AvgIpc) is 2.26. The van der Waals surface area contributed by atoms with Gasteiger partial charge in [-0.25, -0.2) is 4.39 Å². The van der Waals surface area contributed by atoms with E-state index in [-0.39, 0.29) is 5.82 Å². The minimum atomic E-state index is -0.215. The van der Waals surface area contributed by atoms with Crippen molar-refractivity contribution in [1.82, 2.24) is 0 Å². The molecule has 0 saturated carbocycles. The Labute approximate surface area is 96.0 Å². The maximum atomic E-state index is 13.1. The van der Waals surface area contributed by atoms with Crippen molar-refractivity contribution in [3.8, 4) is 0 Å². The Morgan fingerprint density at radius 2 is 2.19 bits per heavy atom. The van der Waals surface area contributed by atoms with Crippen molar-refractivity contribution < 1.29 is 9.13 Å². The lowest BCUT2D eigenvalue weighted by molar-refractivity contribution is 0.206. The van der Waals surface area contributed by atoms with Crippen LogP contribution in [-0.4, -0.2) is 33.9 Å². The van der Waals surface area contributed by atoms with E-state index < -0.39 is 0 Å². The van der Waals surface area contributed by atoms with Gasteiger partial charge in [-0.05, 0) is 36.7 Å². The summed E-state index contributed by atoms with van der Waals surface area (Å²) < 4.78 is 18.1. The Kier molecular flexibility index (Phi) is 5.22. The summed E-state index contributed by atoms with van der Waals surface area (Å²) in [6, 6.07) is 4.81. The van der Waals surface area contributed by atoms with Gasteiger partial charge < -0.3 is 15.4 Å². The molecule has 0 spiro atoms. The van der Waals surface area contributed by atoms with E-state index in [2.05, 4.69) is 0 Å². The van der Waals surface area contributed by atoms with E-state index in [1.54, 1.807) is 19.2 Å². The minimum Gasteiger partial charge on any atom is -0.383 e. The fourth-order valence-electron chi connectivity index (χ4n) is 1.63. The van der Waals surface area contributed by atoms with Crippen molar-refractivity contribution in [2.24, 2.45) is 5.73 Å². The predicted octanol–water partition coefficient (Wildman–Crippen LogP) is 1.41. The van der Waals surface area contributed by atoms with Gasteiger partial charge in [0.25, 0.3) is 0 Å². The summed E-state index contributed by atoms with van der Waals surface area (Å²) in [5.74, 6) is -0.215. The van der Waals surface area contributed by atoms with E-state index in [4.69, 9.17) is 10.5 Å². The Balaban J connectivity index is 2.84. The van der Waals surface area contributed by atoms with Gasteiger partial charge in [0.1, 0.15) is 5.82 Å². The zero-order valence-electron chi connectivity index (χ0n) is 9.87. The second-order valence-corrected chi connectivity index (χ2v) is 3.73. The Hall–Kier alpha value is -1.13. The summed E-state index contributed by atoms with van der Waals surface area (Å²) in [6.07, 6.45) is 0.685. The summed E-state index contributed by atoms with van der Waals surface area (Å²) in [5, 5.41) is 0. The second kappa shape index (κ2) is 6.45. The van der Waals surface area contributed by atoms with Crippen LogP contribution in [0.3, 0.4) is 0 Å². The highest BCUT2D eigenvalue weighted by Crippen LogP contribution is 2.20. The number of halogens is 1. The number of hydrogen-bond donors (Lipinski definition) is 1. The van der Waals surface area contributed by atoms with Crippen molar-refractivity contribution >= 4 is 5.69 Å². The SMILES string of the molecule is COCCN(C)c1ccc(F)cc1CCN. The molecule has 0 aliphatic rings. The first kappa shape index (κ1) is 12.9. The molecule has 0 unspecified atom stereocenters. The molecular formula is C12H19FN2O. The van der Waals surface area contributed by atoms with Crippen LogP contribution in [0.2, 0.25) is 0 Å². The third kappa shape index (κ3) is 3.47. The van der Waals surface area contributed by atoms with E-state index in [1.807, 2.05) is 11.9 Å². The third-order valence-corrected chi connectivity index (χ3v) is 2.50. The zero-order valence-corrected chi connectivity index (χ0v) is 9.87. The van der Waals surface area contributed by atoms with Crippen LogP contribution >= 0.6 is 0 Å². The number of anilines is 1. The summed E-state index contributed by atoms with van der Waals surface area (Å²) in [4.78, 5) is 2.05. The molecule has 0 radical (unpaired) electrons. The van der Waals surface area contributed by atoms with Gasteiger partial charge in [0.15, 0.2) is 0 Å². The summed E-state index contributed by atoms with van der Waals surface area (Å²) in [6.45, 7) is 1.95. The van der Waals surface area contributed by atoms with Crippen molar-refractivity contribution in [3.05, 3.63) is 29.6 Å². The summed E-state index contributed by atoms with van der Waals surface area (Å²) in [7, 11) is 3.63. The van der Waals surface area contributed by atoms with Crippen LogP contribution in [0.15, 0.2) is 18.2 Å². The van der Waals surface area contributed by atoms with Gasteiger partial charge in [0, 0.05) is 26.4 Å². The van der Waals surface area contributed by atoms with E-state index in [0.717, 1.165) is 17.8 Å². The molecule has 16 heavy (non-hydrogen) atoms. The van der Waals surface area contributed by atoms with Gasteiger partial charge in [-0.3, -0.25) is 0 Å². The molecule has 1 rings (SSSR count). The molecule has 2 N–H and O–H groups in total. The van der Waals surface area contributed by atoms with Crippen LogP contribution in [0.5, 0.6) is 0 Å². The van der Waals surface area contributed by atoms with E-state index in [9.17, 15) is 4.39 Å². The van der Waals surface area contributed by atoms with Crippen molar-refractivity contribution in [2.75, 3.05) is 38.8 Å². The van der Waals surface area contributed by atoms with E-state index in [1.165, 1.54) is 6.07 Å². The number of hydrogen-bond acceptors (Lipinski definition) is 3. The molecule has 0 amide bonds. The van der Waals surface area contributed by atoms with Crippen molar-refractivity contribution in [1.29, 1.82) is 0 Å². The van der Waals surface area contributed by atoms with Gasteiger partial charge >= 0.3 is 0 Å². The van der Waals surface area contributed by atoms with Crippen LogP contribution in [-0.2, 0) is 11.2 Å². The molecule has 1 aromatic carbocycles. The normalized spacial score (nSPS) is 10.5. The number of methoxy groups -OCH3 is 1. The highest BCUT2D eigenvalue weighted by atomic mass is 19.1. The molecule has 0 fully saturated rings. The first-order chi connectivity index (χ1) is 7.69. The maximum Gasteiger partial charge on any atom is 0.123 e. The molecule has 90 valence electrons. The van der Waals surface area contributed by atoms with Gasteiger partial charge in [0.2, 0.25) is 0 Å². The topological polar surface area (TPSA) is 38.5 Å². The highest BCUT2D eigenvalue weighted by Gasteiger charge is 2.07. The monoisotopic (exact) mass is 226 g/mol. The Morgan fingerprint density at radius 1 is 1.44 bits per heavy atom. The quantitative estimate of drug-likeness (QED) is 0.797. The van der Waals surface area contributed by atoms with Crippen molar-refractivity contribution in [2.45, 2.75) is 6.42 Å². The zero-order chi connectivity index (χ0) is 12.0. The molecule has 0 aliphatic heterocycles. The standard InChI is InChI=1S/C12H19FN2O/c1-15(7-8-16-2)12-4-3-11(13)9-10(12)5-6-14/h3-4,9H,5-8,14H2,1-2H3. The Morgan fingerprint density at radius 3 is 2.81 bits per heavy atom.